The minimum atomic E-state index is -1.06. The van der Waals surface area contributed by atoms with Crippen molar-refractivity contribution in [2.45, 2.75) is 32.2 Å². The number of ether oxygens (including phenoxy) is 1. The number of hydrogen-bond acceptors (Lipinski definition) is 3. The Morgan fingerprint density at radius 3 is 2.70 bits per heavy atom. The maximum absolute atomic E-state index is 13.2. The number of aliphatic carboxylic acids is 1. The van der Waals surface area contributed by atoms with Gasteiger partial charge in [0.25, 0.3) is 0 Å². The lowest BCUT2D eigenvalue weighted by Crippen LogP contribution is -2.41. The van der Waals surface area contributed by atoms with Crippen molar-refractivity contribution in [3.05, 3.63) is 30.1 Å². The smallest absolute Gasteiger partial charge is 0.326 e. The lowest BCUT2D eigenvalue weighted by molar-refractivity contribution is -0.142. The normalized spacial score (nSPS) is 11.7. The van der Waals surface area contributed by atoms with Crippen molar-refractivity contribution < 1.29 is 23.8 Å². The van der Waals surface area contributed by atoms with Gasteiger partial charge in [0.1, 0.15) is 6.04 Å². The third-order valence-electron chi connectivity index (χ3n) is 2.63. The van der Waals surface area contributed by atoms with E-state index >= 15 is 0 Å². The van der Waals surface area contributed by atoms with Crippen LogP contribution in [0.25, 0.3) is 0 Å². The zero-order chi connectivity index (χ0) is 15.0. The molecule has 0 heterocycles. The Morgan fingerprint density at radius 1 is 1.40 bits per heavy atom. The van der Waals surface area contributed by atoms with Crippen LogP contribution in [-0.2, 0) is 9.59 Å². The third-order valence-corrected chi connectivity index (χ3v) is 2.63. The van der Waals surface area contributed by atoms with Crippen molar-refractivity contribution in [1.29, 1.82) is 0 Å². The standard InChI is InChI=1S/C14H18FNO4/c1-2-5-11(14(18)19)16-13(17)8-9-20-12-7-4-3-6-10(12)15/h3-4,6-7,11H,2,5,8-9H2,1H3,(H,16,17)(H,18,19)/t11-/m0/s1. The van der Waals surface area contributed by atoms with Gasteiger partial charge in [0.05, 0.1) is 13.0 Å². The fraction of sp³-hybridized carbons (Fsp3) is 0.429. The molecule has 1 aromatic rings. The first-order valence-corrected chi connectivity index (χ1v) is 6.44. The molecule has 1 aromatic carbocycles. The number of halogens is 1. The Labute approximate surface area is 116 Å². The van der Waals surface area contributed by atoms with Crippen molar-refractivity contribution in [3.8, 4) is 5.75 Å². The summed E-state index contributed by atoms with van der Waals surface area (Å²) < 4.78 is 18.4. The molecule has 1 rings (SSSR count). The SMILES string of the molecule is CCC[C@H](NC(=O)CCOc1ccccc1F)C(=O)O. The molecule has 2 N–H and O–H groups in total. The molecule has 0 saturated carbocycles. The summed E-state index contributed by atoms with van der Waals surface area (Å²) in [6, 6.07) is 5.00. The van der Waals surface area contributed by atoms with Gasteiger partial charge in [-0.3, -0.25) is 4.79 Å². The molecule has 20 heavy (non-hydrogen) atoms. The highest BCUT2D eigenvalue weighted by molar-refractivity contribution is 5.83. The van der Waals surface area contributed by atoms with Gasteiger partial charge in [-0.2, -0.15) is 0 Å². The topological polar surface area (TPSA) is 75.6 Å². The molecule has 0 saturated heterocycles. The summed E-state index contributed by atoms with van der Waals surface area (Å²) in [7, 11) is 0. The second kappa shape index (κ2) is 8.14. The Balaban J connectivity index is 2.36. The van der Waals surface area contributed by atoms with Gasteiger partial charge in [-0.25, -0.2) is 9.18 Å². The fourth-order valence-corrected chi connectivity index (χ4v) is 1.63. The minimum absolute atomic E-state index is 0.00870. The highest BCUT2D eigenvalue weighted by atomic mass is 19.1. The zero-order valence-electron chi connectivity index (χ0n) is 11.3. The molecule has 0 radical (unpaired) electrons. The maximum Gasteiger partial charge on any atom is 0.326 e. The third kappa shape index (κ3) is 5.26. The lowest BCUT2D eigenvalue weighted by atomic mass is 10.1. The zero-order valence-corrected chi connectivity index (χ0v) is 11.3. The summed E-state index contributed by atoms with van der Waals surface area (Å²) in [6.45, 7) is 1.83. The molecule has 1 amide bonds. The highest BCUT2D eigenvalue weighted by Crippen LogP contribution is 2.15. The quantitative estimate of drug-likeness (QED) is 0.764. The first-order valence-electron chi connectivity index (χ1n) is 6.44. The van der Waals surface area contributed by atoms with E-state index in [1.54, 1.807) is 6.07 Å². The van der Waals surface area contributed by atoms with Gasteiger partial charge < -0.3 is 15.2 Å². The highest BCUT2D eigenvalue weighted by Gasteiger charge is 2.18. The van der Waals surface area contributed by atoms with Gasteiger partial charge in [0.2, 0.25) is 5.91 Å². The van der Waals surface area contributed by atoms with Crippen LogP contribution in [0.5, 0.6) is 5.75 Å². The van der Waals surface area contributed by atoms with Crippen LogP contribution in [0.3, 0.4) is 0 Å². The molecule has 0 fully saturated rings. The molecular formula is C14H18FNO4. The molecule has 0 bridgehead atoms. The number of para-hydroxylation sites is 1. The minimum Gasteiger partial charge on any atom is -0.490 e. The van der Waals surface area contributed by atoms with Crippen molar-refractivity contribution in [2.24, 2.45) is 0 Å². The summed E-state index contributed by atoms with van der Waals surface area (Å²) >= 11 is 0. The van der Waals surface area contributed by atoms with Crippen LogP contribution in [0.4, 0.5) is 4.39 Å². The van der Waals surface area contributed by atoms with Crippen molar-refractivity contribution in [2.75, 3.05) is 6.61 Å². The van der Waals surface area contributed by atoms with Gasteiger partial charge in [0, 0.05) is 0 Å². The average Bonchev–Trinajstić information content (AvgIpc) is 2.40. The van der Waals surface area contributed by atoms with Crippen molar-refractivity contribution >= 4 is 11.9 Å². The van der Waals surface area contributed by atoms with Crippen molar-refractivity contribution in [1.82, 2.24) is 5.32 Å². The van der Waals surface area contributed by atoms with Gasteiger partial charge in [0.15, 0.2) is 11.6 Å². The van der Waals surface area contributed by atoms with E-state index < -0.39 is 23.7 Å². The molecule has 0 aliphatic carbocycles. The number of nitrogens with one attached hydrogen (secondary N) is 1. The first kappa shape index (κ1) is 15.9. The first-order chi connectivity index (χ1) is 9.54. The molecular weight excluding hydrogens is 265 g/mol. The van der Waals surface area contributed by atoms with Crippen LogP contribution < -0.4 is 10.1 Å². The van der Waals surface area contributed by atoms with Crippen molar-refractivity contribution in [3.63, 3.8) is 0 Å². The van der Waals surface area contributed by atoms with Crippen LogP contribution in [0.15, 0.2) is 24.3 Å². The number of carboxylic acid groups (broad SMARTS) is 1. The average molecular weight is 283 g/mol. The van der Waals surface area contributed by atoms with E-state index in [4.69, 9.17) is 9.84 Å². The lowest BCUT2D eigenvalue weighted by Gasteiger charge is -2.13. The van der Waals surface area contributed by atoms with E-state index in [0.29, 0.717) is 12.8 Å². The molecule has 5 nitrogen and oxygen atoms in total. The van der Waals surface area contributed by atoms with E-state index in [0.717, 1.165) is 0 Å². The largest absolute Gasteiger partial charge is 0.490 e. The summed E-state index contributed by atoms with van der Waals surface area (Å²) in [4.78, 5) is 22.4. The number of amides is 1. The predicted octanol–water partition coefficient (Wildman–Crippen LogP) is 1.96. The summed E-state index contributed by atoms with van der Waals surface area (Å²) in [5.41, 5.74) is 0. The molecule has 0 spiro atoms. The summed E-state index contributed by atoms with van der Waals surface area (Å²) in [5.74, 6) is -1.91. The number of carbonyl (C=O) groups excluding carboxylic acids is 1. The Hall–Kier alpha value is -2.11. The monoisotopic (exact) mass is 283 g/mol. The molecule has 6 heteroatoms. The van der Waals surface area contributed by atoms with Crippen LogP contribution in [0.1, 0.15) is 26.2 Å². The van der Waals surface area contributed by atoms with E-state index in [9.17, 15) is 14.0 Å². The Bertz CT molecular complexity index is 464. The second-order valence-corrected chi connectivity index (χ2v) is 4.28. The molecule has 0 aliphatic rings. The maximum atomic E-state index is 13.2. The fourth-order valence-electron chi connectivity index (χ4n) is 1.63. The predicted molar refractivity (Wildman–Crippen MR) is 71.0 cm³/mol. The summed E-state index contributed by atoms with van der Waals surface area (Å²) in [6.07, 6.45) is 1.00. The van der Waals surface area contributed by atoms with Gasteiger partial charge in [-0.15, -0.1) is 0 Å². The number of benzene rings is 1. The number of carboxylic acids is 1. The number of carbonyl (C=O) groups is 2. The number of rotatable bonds is 8. The molecule has 1 atom stereocenters. The van der Waals surface area contributed by atoms with Gasteiger partial charge in [-0.1, -0.05) is 25.5 Å². The van der Waals surface area contributed by atoms with Crippen LogP contribution in [0.2, 0.25) is 0 Å². The van der Waals surface area contributed by atoms with Gasteiger partial charge >= 0.3 is 5.97 Å². The van der Waals surface area contributed by atoms with E-state index in [1.807, 2.05) is 6.92 Å². The van der Waals surface area contributed by atoms with E-state index in [1.165, 1.54) is 18.2 Å². The molecule has 0 aromatic heterocycles. The Morgan fingerprint density at radius 2 is 2.10 bits per heavy atom. The Kier molecular flexibility index (Phi) is 6.49. The van der Waals surface area contributed by atoms with Gasteiger partial charge in [-0.05, 0) is 18.6 Å². The van der Waals surface area contributed by atoms with Crippen LogP contribution >= 0.6 is 0 Å². The number of hydrogen-bond donors (Lipinski definition) is 2. The van der Waals surface area contributed by atoms with Crippen LogP contribution in [-0.4, -0.2) is 29.6 Å². The summed E-state index contributed by atoms with van der Waals surface area (Å²) in [5, 5.41) is 11.3. The van der Waals surface area contributed by atoms with Crippen LogP contribution in [0, 0.1) is 5.82 Å². The second-order valence-electron chi connectivity index (χ2n) is 4.28. The van der Waals surface area contributed by atoms with E-state index in [2.05, 4.69) is 5.32 Å². The molecule has 0 unspecified atom stereocenters. The molecule has 0 aliphatic heterocycles. The van der Waals surface area contributed by atoms with E-state index in [-0.39, 0.29) is 18.8 Å². The molecule has 110 valence electrons.